The van der Waals surface area contributed by atoms with Gasteiger partial charge in [0.15, 0.2) is 0 Å². The highest BCUT2D eigenvalue weighted by molar-refractivity contribution is 5.94. The Balaban J connectivity index is 2.28. The van der Waals surface area contributed by atoms with Crippen LogP contribution < -0.4 is 10.1 Å². The molecule has 0 aliphatic carbocycles. The molecule has 0 radical (unpaired) electrons. The van der Waals surface area contributed by atoms with Crippen LogP contribution in [-0.4, -0.2) is 13.0 Å². The van der Waals surface area contributed by atoms with Crippen molar-refractivity contribution >= 4 is 5.91 Å². The molecule has 0 unspecified atom stereocenters. The summed E-state index contributed by atoms with van der Waals surface area (Å²) in [7, 11) is 1.61. The van der Waals surface area contributed by atoms with Crippen LogP contribution in [0.3, 0.4) is 0 Å². The molecule has 1 amide bonds. The van der Waals surface area contributed by atoms with E-state index in [0.717, 1.165) is 11.3 Å². The van der Waals surface area contributed by atoms with E-state index in [4.69, 9.17) is 4.74 Å². The largest absolute Gasteiger partial charge is 0.457 e. The molecule has 0 saturated heterocycles. The molecule has 0 aliphatic rings. The zero-order valence-electron chi connectivity index (χ0n) is 10.4. The number of carbonyl (C=O) groups excluding carboxylic acids is 1. The van der Waals surface area contributed by atoms with E-state index in [1.807, 2.05) is 49.4 Å². The van der Waals surface area contributed by atoms with Crippen molar-refractivity contribution in [1.29, 1.82) is 0 Å². The van der Waals surface area contributed by atoms with Crippen molar-refractivity contribution in [2.45, 2.75) is 6.92 Å². The van der Waals surface area contributed by atoms with E-state index >= 15 is 0 Å². The monoisotopic (exact) mass is 241 g/mol. The third kappa shape index (κ3) is 2.88. The Morgan fingerprint density at radius 2 is 1.78 bits per heavy atom. The van der Waals surface area contributed by atoms with Crippen molar-refractivity contribution in [3.8, 4) is 11.5 Å². The number of hydrogen-bond donors (Lipinski definition) is 1. The average Bonchev–Trinajstić information content (AvgIpc) is 2.38. The van der Waals surface area contributed by atoms with E-state index in [2.05, 4.69) is 5.32 Å². The Hall–Kier alpha value is -2.29. The number of hydrogen-bond acceptors (Lipinski definition) is 2. The normalized spacial score (nSPS) is 9.89. The Bertz CT molecular complexity index is 550. The third-order valence-corrected chi connectivity index (χ3v) is 2.52. The average molecular weight is 241 g/mol. The second kappa shape index (κ2) is 5.36. The molecule has 0 fully saturated rings. The molecule has 0 aromatic heterocycles. The van der Waals surface area contributed by atoms with Gasteiger partial charge >= 0.3 is 0 Å². The van der Waals surface area contributed by atoms with Gasteiger partial charge in [-0.3, -0.25) is 4.79 Å². The highest BCUT2D eigenvalue weighted by atomic mass is 16.5. The van der Waals surface area contributed by atoms with Gasteiger partial charge in [-0.25, -0.2) is 0 Å². The maximum absolute atomic E-state index is 11.6. The smallest absolute Gasteiger partial charge is 0.251 e. The van der Waals surface area contributed by atoms with Gasteiger partial charge < -0.3 is 10.1 Å². The Labute approximate surface area is 106 Å². The van der Waals surface area contributed by atoms with Crippen LogP contribution in [0.2, 0.25) is 0 Å². The van der Waals surface area contributed by atoms with E-state index in [0.29, 0.717) is 11.3 Å². The van der Waals surface area contributed by atoms with Gasteiger partial charge in [0, 0.05) is 12.6 Å². The highest BCUT2D eigenvalue weighted by Gasteiger charge is 2.06. The molecule has 2 aromatic carbocycles. The maximum Gasteiger partial charge on any atom is 0.251 e. The van der Waals surface area contributed by atoms with E-state index in [-0.39, 0.29) is 5.91 Å². The summed E-state index contributed by atoms with van der Waals surface area (Å²) in [5, 5.41) is 2.61. The summed E-state index contributed by atoms with van der Waals surface area (Å²) in [4.78, 5) is 11.6. The van der Waals surface area contributed by atoms with Crippen molar-refractivity contribution in [3.63, 3.8) is 0 Å². The number of ether oxygens (including phenoxy) is 1. The first-order valence-corrected chi connectivity index (χ1v) is 5.76. The first kappa shape index (κ1) is 12.2. The maximum atomic E-state index is 11.6. The predicted octanol–water partition coefficient (Wildman–Crippen LogP) is 3.15. The molecule has 2 aromatic rings. The van der Waals surface area contributed by atoms with Crippen molar-refractivity contribution in [1.82, 2.24) is 5.32 Å². The van der Waals surface area contributed by atoms with Gasteiger partial charge in [-0.05, 0) is 42.8 Å². The van der Waals surface area contributed by atoms with Gasteiger partial charge in [0.25, 0.3) is 5.91 Å². The van der Waals surface area contributed by atoms with Gasteiger partial charge in [0.2, 0.25) is 0 Å². The minimum atomic E-state index is -0.114. The van der Waals surface area contributed by atoms with Gasteiger partial charge in [-0.1, -0.05) is 18.2 Å². The molecule has 0 heterocycles. The number of carbonyl (C=O) groups is 1. The number of amides is 1. The van der Waals surface area contributed by atoms with Crippen LogP contribution in [-0.2, 0) is 0 Å². The Morgan fingerprint density at radius 3 is 2.44 bits per heavy atom. The Kier molecular flexibility index (Phi) is 3.63. The first-order chi connectivity index (χ1) is 8.69. The SMILES string of the molecule is CNC(=O)c1cc(C)cc(Oc2ccccc2)c1. The molecule has 18 heavy (non-hydrogen) atoms. The van der Waals surface area contributed by atoms with Crippen LogP contribution in [0.5, 0.6) is 11.5 Å². The number of para-hydroxylation sites is 1. The van der Waals surface area contributed by atoms with Gasteiger partial charge in [0.05, 0.1) is 0 Å². The molecule has 0 saturated carbocycles. The summed E-state index contributed by atoms with van der Waals surface area (Å²) in [6.07, 6.45) is 0. The van der Waals surface area contributed by atoms with E-state index in [9.17, 15) is 4.79 Å². The molecule has 2 rings (SSSR count). The highest BCUT2D eigenvalue weighted by Crippen LogP contribution is 2.23. The molecule has 3 nitrogen and oxygen atoms in total. The number of benzene rings is 2. The van der Waals surface area contributed by atoms with Crippen molar-refractivity contribution in [3.05, 3.63) is 59.7 Å². The van der Waals surface area contributed by atoms with Crippen LogP contribution in [0.15, 0.2) is 48.5 Å². The summed E-state index contributed by atoms with van der Waals surface area (Å²) in [6, 6.07) is 15.0. The number of rotatable bonds is 3. The lowest BCUT2D eigenvalue weighted by Crippen LogP contribution is -2.17. The predicted molar refractivity (Wildman–Crippen MR) is 71.1 cm³/mol. The van der Waals surface area contributed by atoms with Crippen LogP contribution in [0.25, 0.3) is 0 Å². The lowest BCUT2D eigenvalue weighted by molar-refractivity contribution is 0.0962. The zero-order valence-corrected chi connectivity index (χ0v) is 10.4. The molecule has 92 valence electrons. The summed E-state index contributed by atoms with van der Waals surface area (Å²) >= 11 is 0. The van der Waals surface area contributed by atoms with Crippen molar-refractivity contribution in [2.75, 3.05) is 7.05 Å². The first-order valence-electron chi connectivity index (χ1n) is 5.76. The van der Waals surface area contributed by atoms with Crippen molar-refractivity contribution < 1.29 is 9.53 Å². The minimum Gasteiger partial charge on any atom is -0.457 e. The number of aryl methyl sites for hydroxylation is 1. The summed E-state index contributed by atoms with van der Waals surface area (Å²) < 4.78 is 5.71. The van der Waals surface area contributed by atoms with Crippen LogP contribution in [0.1, 0.15) is 15.9 Å². The van der Waals surface area contributed by atoms with E-state index < -0.39 is 0 Å². The molecule has 0 aliphatic heterocycles. The summed E-state index contributed by atoms with van der Waals surface area (Å²) in [5.74, 6) is 1.31. The third-order valence-electron chi connectivity index (χ3n) is 2.52. The van der Waals surface area contributed by atoms with E-state index in [1.165, 1.54) is 0 Å². The molecular formula is C15H15NO2. The van der Waals surface area contributed by atoms with E-state index in [1.54, 1.807) is 13.1 Å². The molecule has 1 N–H and O–H groups in total. The summed E-state index contributed by atoms with van der Waals surface area (Å²) in [5.41, 5.74) is 1.59. The van der Waals surface area contributed by atoms with Gasteiger partial charge in [0.1, 0.15) is 11.5 Å². The fourth-order valence-electron chi connectivity index (χ4n) is 1.71. The molecule has 0 spiro atoms. The Morgan fingerprint density at radius 1 is 1.06 bits per heavy atom. The lowest BCUT2D eigenvalue weighted by atomic mass is 10.1. The quantitative estimate of drug-likeness (QED) is 0.896. The minimum absolute atomic E-state index is 0.114. The standard InChI is InChI=1S/C15H15NO2/c1-11-8-12(15(17)16-2)10-14(9-11)18-13-6-4-3-5-7-13/h3-10H,1-2H3,(H,16,17). The number of nitrogens with one attached hydrogen (secondary N) is 1. The van der Waals surface area contributed by atoms with Crippen LogP contribution >= 0.6 is 0 Å². The van der Waals surface area contributed by atoms with Crippen molar-refractivity contribution in [2.24, 2.45) is 0 Å². The fourth-order valence-corrected chi connectivity index (χ4v) is 1.71. The lowest BCUT2D eigenvalue weighted by Gasteiger charge is -2.08. The van der Waals surface area contributed by atoms with Crippen LogP contribution in [0.4, 0.5) is 0 Å². The van der Waals surface area contributed by atoms with Crippen LogP contribution in [0, 0.1) is 6.92 Å². The fraction of sp³-hybridized carbons (Fsp3) is 0.133. The van der Waals surface area contributed by atoms with Gasteiger partial charge in [-0.15, -0.1) is 0 Å². The molecule has 0 atom stereocenters. The zero-order chi connectivity index (χ0) is 13.0. The second-order valence-corrected chi connectivity index (χ2v) is 4.03. The van der Waals surface area contributed by atoms with Gasteiger partial charge in [-0.2, -0.15) is 0 Å². The molecular weight excluding hydrogens is 226 g/mol. The topological polar surface area (TPSA) is 38.3 Å². The molecule has 0 bridgehead atoms. The molecule has 3 heteroatoms. The summed E-state index contributed by atoms with van der Waals surface area (Å²) in [6.45, 7) is 1.93. The second-order valence-electron chi connectivity index (χ2n) is 4.03.